The van der Waals surface area contributed by atoms with E-state index in [1.54, 1.807) is 39.0 Å². The molecular formula is C24H18F6O. The molecule has 1 nitrogen and oxygen atoms in total. The summed E-state index contributed by atoms with van der Waals surface area (Å²) in [5.74, 6) is 1.35. The Kier molecular flexibility index (Phi) is 4.83. The second kappa shape index (κ2) is 7.04. The zero-order valence-corrected chi connectivity index (χ0v) is 16.9. The van der Waals surface area contributed by atoms with Gasteiger partial charge in [0.15, 0.2) is 0 Å². The molecule has 0 N–H and O–H groups in total. The number of alkyl halides is 6. The molecule has 1 aliphatic carbocycles. The highest BCUT2D eigenvalue weighted by Gasteiger charge is 2.37. The van der Waals surface area contributed by atoms with Crippen LogP contribution < -0.4 is 0 Å². The maximum absolute atomic E-state index is 13.4. The van der Waals surface area contributed by atoms with E-state index < -0.39 is 23.5 Å². The molecule has 1 heterocycles. The van der Waals surface area contributed by atoms with E-state index in [4.69, 9.17) is 4.42 Å². The molecule has 0 fully saturated rings. The van der Waals surface area contributed by atoms with Crippen molar-refractivity contribution < 1.29 is 30.8 Å². The predicted molar refractivity (Wildman–Crippen MR) is 106 cm³/mol. The molecule has 7 heteroatoms. The molecule has 0 radical (unpaired) electrons. The molecule has 1 aliphatic rings. The minimum Gasteiger partial charge on any atom is -0.462 e. The molecule has 0 atom stereocenters. The van der Waals surface area contributed by atoms with E-state index in [1.165, 1.54) is 0 Å². The second-order valence-electron chi connectivity index (χ2n) is 7.82. The molecule has 2 aromatic carbocycles. The van der Waals surface area contributed by atoms with E-state index in [-0.39, 0.29) is 11.6 Å². The van der Waals surface area contributed by atoms with Gasteiger partial charge < -0.3 is 4.42 Å². The average molecular weight is 436 g/mol. The number of halogens is 6. The lowest BCUT2D eigenvalue weighted by Gasteiger charge is -2.18. The molecule has 0 spiro atoms. The third kappa shape index (κ3) is 3.89. The Balaban J connectivity index is 1.97. The number of allylic oxidation sites excluding steroid dienone is 1. The lowest BCUT2D eigenvalue weighted by atomic mass is 9.88. The highest BCUT2D eigenvalue weighted by Crippen LogP contribution is 2.44. The number of hydrogen-bond donors (Lipinski definition) is 0. The molecule has 0 bridgehead atoms. The topological polar surface area (TPSA) is 13.1 Å². The summed E-state index contributed by atoms with van der Waals surface area (Å²) in [6.07, 6.45) is -7.52. The monoisotopic (exact) mass is 436 g/mol. The van der Waals surface area contributed by atoms with Crippen molar-refractivity contribution in [2.24, 2.45) is 0 Å². The van der Waals surface area contributed by atoms with Crippen LogP contribution in [0.15, 0.2) is 40.8 Å². The molecule has 0 saturated heterocycles. The van der Waals surface area contributed by atoms with Crippen LogP contribution in [0.25, 0.3) is 22.8 Å². The molecular weight excluding hydrogens is 418 g/mol. The molecule has 3 aromatic rings. The normalized spacial score (nSPS) is 14.0. The molecule has 4 rings (SSSR count). The van der Waals surface area contributed by atoms with Gasteiger partial charge in [0, 0.05) is 6.42 Å². The minimum atomic E-state index is -4.90. The Morgan fingerprint density at radius 1 is 0.806 bits per heavy atom. The van der Waals surface area contributed by atoms with Gasteiger partial charge in [-0.05, 0) is 96.1 Å². The van der Waals surface area contributed by atoms with E-state index in [0.717, 1.165) is 28.8 Å². The molecule has 162 valence electrons. The van der Waals surface area contributed by atoms with Crippen molar-refractivity contribution in [3.8, 4) is 11.1 Å². The van der Waals surface area contributed by atoms with Gasteiger partial charge in [-0.1, -0.05) is 6.07 Å². The Bertz CT molecular complexity index is 1180. The van der Waals surface area contributed by atoms with Crippen LogP contribution in [-0.2, 0) is 18.8 Å². The fourth-order valence-corrected chi connectivity index (χ4v) is 3.99. The maximum Gasteiger partial charge on any atom is 0.416 e. The van der Waals surface area contributed by atoms with Crippen LogP contribution in [0.3, 0.4) is 0 Å². The summed E-state index contributed by atoms with van der Waals surface area (Å²) in [7, 11) is 0. The first-order valence-electron chi connectivity index (χ1n) is 9.55. The van der Waals surface area contributed by atoms with Crippen molar-refractivity contribution in [2.75, 3.05) is 0 Å². The Labute approximate surface area is 175 Å². The van der Waals surface area contributed by atoms with Crippen LogP contribution in [-0.4, -0.2) is 0 Å². The van der Waals surface area contributed by atoms with Gasteiger partial charge >= 0.3 is 12.4 Å². The number of benzene rings is 2. The summed E-state index contributed by atoms with van der Waals surface area (Å²) in [5, 5.41) is 0. The van der Waals surface area contributed by atoms with Crippen LogP contribution in [0, 0.1) is 20.8 Å². The number of furan rings is 1. The summed E-state index contributed by atoms with van der Waals surface area (Å²) < 4.78 is 86.1. The number of aryl methyl sites for hydroxylation is 2. The van der Waals surface area contributed by atoms with Gasteiger partial charge in [-0.3, -0.25) is 0 Å². The standard InChI is InChI=1S/C24H18F6O/c1-12-6-15-7-16(21-5-4-13(2)31-21)10-20(15)22(14(12)3)17-8-18(23(25,26)27)11-19(9-17)24(28,29)30/h4-6,8-11H,7H2,1-3H3. The van der Waals surface area contributed by atoms with Gasteiger partial charge in [0.05, 0.1) is 11.1 Å². The first-order chi connectivity index (χ1) is 14.3. The smallest absolute Gasteiger partial charge is 0.416 e. The van der Waals surface area contributed by atoms with Crippen LogP contribution >= 0.6 is 0 Å². The lowest BCUT2D eigenvalue weighted by molar-refractivity contribution is -0.143. The van der Waals surface area contributed by atoms with E-state index in [2.05, 4.69) is 0 Å². The van der Waals surface area contributed by atoms with Gasteiger partial charge in [-0.15, -0.1) is 0 Å². The number of fused-ring (bicyclic) bond motifs is 1. The van der Waals surface area contributed by atoms with Crippen molar-refractivity contribution >= 4 is 11.6 Å². The maximum atomic E-state index is 13.4. The SMILES string of the molecule is Cc1ccc(C2=Cc3c(cc(C)c(C)c3-c3cc(C(F)(F)F)cc(C(F)(F)F)c3)C2)o1. The van der Waals surface area contributed by atoms with Gasteiger partial charge in [-0.2, -0.15) is 26.3 Å². The molecule has 31 heavy (non-hydrogen) atoms. The Hall–Kier alpha value is -2.96. The fourth-order valence-electron chi connectivity index (χ4n) is 3.99. The highest BCUT2D eigenvalue weighted by molar-refractivity contribution is 5.94. The lowest BCUT2D eigenvalue weighted by Crippen LogP contribution is -2.11. The summed E-state index contributed by atoms with van der Waals surface area (Å²) in [5.41, 5.74) is 1.36. The van der Waals surface area contributed by atoms with Crippen LogP contribution in [0.2, 0.25) is 0 Å². The predicted octanol–water partition coefficient (Wildman–Crippen LogP) is 8.01. The average Bonchev–Trinajstić information content (AvgIpc) is 3.27. The van der Waals surface area contributed by atoms with Gasteiger partial charge in [-0.25, -0.2) is 0 Å². The van der Waals surface area contributed by atoms with Gasteiger partial charge in [0.25, 0.3) is 0 Å². The Morgan fingerprint density at radius 3 is 1.94 bits per heavy atom. The van der Waals surface area contributed by atoms with Crippen LogP contribution in [0.1, 0.15) is 44.9 Å². The zero-order chi connectivity index (χ0) is 22.7. The van der Waals surface area contributed by atoms with E-state index in [0.29, 0.717) is 34.6 Å². The summed E-state index contributed by atoms with van der Waals surface area (Å²) >= 11 is 0. The molecule has 0 saturated carbocycles. The first kappa shape index (κ1) is 21.3. The quantitative estimate of drug-likeness (QED) is 0.371. The van der Waals surface area contributed by atoms with Crippen molar-refractivity contribution in [3.63, 3.8) is 0 Å². The largest absolute Gasteiger partial charge is 0.462 e. The third-order valence-corrected chi connectivity index (χ3v) is 5.61. The minimum absolute atomic E-state index is 0.104. The second-order valence-corrected chi connectivity index (χ2v) is 7.82. The number of rotatable bonds is 2. The third-order valence-electron chi connectivity index (χ3n) is 5.61. The molecule has 0 unspecified atom stereocenters. The van der Waals surface area contributed by atoms with Gasteiger partial charge in [0.1, 0.15) is 11.5 Å². The Morgan fingerprint density at radius 2 is 1.42 bits per heavy atom. The number of hydrogen-bond acceptors (Lipinski definition) is 1. The van der Waals surface area contributed by atoms with E-state index in [9.17, 15) is 26.3 Å². The van der Waals surface area contributed by atoms with Crippen molar-refractivity contribution in [1.29, 1.82) is 0 Å². The van der Waals surface area contributed by atoms with E-state index >= 15 is 0 Å². The van der Waals surface area contributed by atoms with Crippen molar-refractivity contribution in [2.45, 2.75) is 39.5 Å². The summed E-state index contributed by atoms with van der Waals surface area (Å²) in [6, 6.07) is 7.27. The molecule has 1 aromatic heterocycles. The van der Waals surface area contributed by atoms with Gasteiger partial charge in [0.2, 0.25) is 0 Å². The van der Waals surface area contributed by atoms with Crippen molar-refractivity contribution in [1.82, 2.24) is 0 Å². The summed E-state index contributed by atoms with van der Waals surface area (Å²) in [4.78, 5) is 0. The first-order valence-corrected chi connectivity index (χ1v) is 9.55. The van der Waals surface area contributed by atoms with E-state index in [1.807, 2.05) is 6.07 Å². The zero-order valence-electron chi connectivity index (χ0n) is 16.9. The fraction of sp³-hybridized carbons (Fsp3) is 0.250. The van der Waals surface area contributed by atoms with Crippen LogP contribution in [0.5, 0.6) is 0 Å². The summed E-state index contributed by atoms with van der Waals surface area (Å²) in [6.45, 7) is 5.31. The molecule has 0 amide bonds. The highest BCUT2D eigenvalue weighted by atomic mass is 19.4. The molecule has 0 aliphatic heterocycles. The van der Waals surface area contributed by atoms with Crippen LogP contribution in [0.4, 0.5) is 26.3 Å². The van der Waals surface area contributed by atoms with Crippen molar-refractivity contribution in [3.05, 3.63) is 81.3 Å².